The Kier molecular flexibility index (Phi) is 3.16. The van der Waals surface area contributed by atoms with Gasteiger partial charge < -0.3 is 4.90 Å². The van der Waals surface area contributed by atoms with Crippen molar-refractivity contribution in [3.05, 3.63) is 29.3 Å². The fourth-order valence-electron chi connectivity index (χ4n) is 2.57. The number of benzene rings is 1. The number of hydrogen-bond acceptors (Lipinski definition) is 1. The number of nitrogens with zero attached hydrogens (tertiary/aromatic N) is 1. The smallest absolute Gasteiger partial charge is 0.0416 e. The first-order chi connectivity index (χ1) is 7.58. The highest BCUT2D eigenvalue weighted by molar-refractivity contribution is 6.30. The van der Waals surface area contributed by atoms with Crippen molar-refractivity contribution in [2.45, 2.75) is 39.2 Å². The summed E-state index contributed by atoms with van der Waals surface area (Å²) in [6.45, 7) is 8.16. The van der Waals surface area contributed by atoms with Gasteiger partial charge in [-0.3, -0.25) is 0 Å². The summed E-state index contributed by atoms with van der Waals surface area (Å²) < 4.78 is 0. The fourth-order valence-corrected chi connectivity index (χ4v) is 2.70. The average molecular weight is 238 g/mol. The molecule has 2 unspecified atom stereocenters. The molecule has 1 saturated heterocycles. The van der Waals surface area contributed by atoms with Crippen molar-refractivity contribution in [2.24, 2.45) is 5.92 Å². The van der Waals surface area contributed by atoms with Crippen molar-refractivity contribution in [1.29, 1.82) is 0 Å². The topological polar surface area (TPSA) is 3.24 Å². The van der Waals surface area contributed by atoms with E-state index in [1.165, 1.54) is 25.1 Å². The molecular formula is C14H20ClN. The Morgan fingerprint density at radius 1 is 1.38 bits per heavy atom. The monoisotopic (exact) mass is 237 g/mol. The van der Waals surface area contributed by atoms with Crippen molar-refractivity contribution in [3.63, 3.8) is 0 Å². The van der Waals surface area contributed by atoms with E-state index in [0.717, 1.165) is 10.9 Å². The first kappa shape index (κ1) is 11.8. The summed E-state index contributed by atoms with van der Waals surface area (Å²) in [4.78, 5) is 2.51. The van der Waals surface area contributed by atoms with Crippen LogP contribution in [0, 0.1) is 5.92 Å². The summed E-state index contributed by atoms with van der Waals surface area (Å²) in [5.41, 5.74) is 1.64. The summed E-state index contributed by atoms with van der Waals surface area (Å²) in [5.74, 6) is 0.733. The predicted octanol–water partition coefficient (Wildman–Crippen LogP) is 4.35. The molecule has 0 spiro atoms. The predicted molar refractivity (Wildman–Crippen MR) is 71.3 cm³/mol. The zero-order valence-corrected chi connectivity index (χ0v) is 11.1. The Morgan fingerprint density at radius 3 is 2.44 bits per heavy atom. The maximum absolute atomic E-state index is 5.92. The molecule has 1 nitrogen and oxygen atoms in total. The van der Waals surface area contributed by atoms with Gasteiger partial charge in [0.15, 0.2) is 0 Å². The largest absolute Gasteiger partial charge is 0.366 e. The minimum atomic E-state index is 0.336. The van der Waals surface area contributed by atoms with E-state index in [2.05, 4.69) is 37.8 Å². The third kappa shape index (κ3) is 1.82. The maximum atomic E-state index is 5.92. The van der Waals surface area contributed by atoms with Gasteiger partial charge in [0, 0.05) is 22.8 Å². The Hall–Kier alpha value is -0.690. The van der Waals surface area contributed by atoms with Gasteiger partial charge in [-0.1, -0.05) is 31.9 Å². The summed E-state index contributed by atoms with van der Waals surface area (Å²) in [7, 11) is 0. The number of hydrogen-bond donors (Lipinski definition) is 0. The minimum absolute atomic E-state index is 0.336. The van der Waals surface area contributed by atoms with Crippen LogP contribution >= 0.6 is 11.6 Å². The molecule has 1 fully saturated rings. The standard InChI is InChI=1S/C14H20ClN/c1-4-11(2)14(3)9-10-16(14)13-7-5-12(15)6-8-13/h5-8,11H,4,9-10H2,1-3H3. The van der Waals surface area contributed by atoms with E-state index < -0.39 is 0 Å². The Labute approximate surface area is 103 Å². The zero-order chi connectivity index (χ0) is 11.8. The zero-order valence-electron chi connectivity index (χ0n) is 10.3. The molecule has 2 heteroatoms. The first-order valence-corrected chi connectivity index (χ1v) is 6.49. The van der Waals surface area contributed by atoms with Crippen LogP contribution in [0.3, 0.4) is 0 Å². The van der Waals surface area contributed by atoms with E-state index in [9.17, 15) is 0 Å². The third-order valence-corrected chi connectivity index (χ3v) is 4.52. The van der Waals surface area contributed by atoms with Gasteiger partial charge in [-0.15, -0.1) is 0 Å². The molecule has 1 aromatic carbocycles. The molecule has 0 amide bonds. The van der Waals surface area contributed by atoms with Crippen LogP contribution in [0.25, 0.3) is 0 Å². The van der Waals surface area contributed by atoms with Gasteiger partial charge in [0.25, 0.3) is 0 Å². The van der Waals surface area contributed by atoms with Crippen LogP contribution in [0.15, 0.2) is 24.3 Å². The lowest BCUT2D eigenvalue weighted by Gasteiger charge is -2.55. The fraction of sp³-hybridized carbons (Fsp3) is 0.571. The maximum Gasteiger partial charge on any atom is 0.0416 e. The quantitative estimate of drug-likeness (QED) is 0.755. The highest BCUT2D eigenvalue weighted by atomic mass is 35.5. The van der Waals surface area contributed by atoms with Crippen molar-refractivity contribution >= 4 is 17.3 Å². The Morgan fingerprint density at radius 2 is 2.00 bits per heavy atom. The van der Waals surface area contributed by atoms with Crippen LogP contribution in [0.1, 0.15) is 33.6 Å². The second-order valence-electron chi connectivity index (χ2n) is 5.04. The highest BCUT2D eigenvalue weighted by Crippen LogP contribution is 2.42. The molecule has 0 N–H and O–H groups in total. The molecular weight excluding hydrogens is 218 g/mol. The van der Waals surface area contributed by atoms with Gasteiger partial charge >= 0.3 is 0 Å². The summed E-state index contributed by atoms with van der Waals surface area (Å²) >= 11 is 5.92. The third-order valence-electron chi connectivity index (χ3n) is 4.27. The lowest BCUT2D eigenvalue weighted by atomic mass is 9.74. The molecule has 1 aromatic rings. The van der Waals surface area contributed by atoms with Crippen LogP contribution in [-0.2, 0) is 0 Å². The van der Waals surface area contributed by atoms with Crippen LogP contribution in [-0.4, -0.2) is 12.1 Å². The van der Waals surface area contributed by atoms with Crippen molar-refractivity contribution in [1.82, 2.24) is 0 Å². The molecule has 1 aliphatic heterocycles. The lowest BCUT2D eigenvalue weighted by Crippen LogP contribution is -2.61. The highest BCUT2D eigenvalue weighted by Gasteiger charge is 2.43. The Balaban J connectivity index is 2.20. The van der Waals surface area contributed by atoms with Crippen molar-refractivity contribution in [3.8, 4) is 0 Å². The van der Waals surface area contributed by atoms with E-state index >= 15 is 0 Å². The molecule has 1 aliphatic rings. The van der Waals surface area contributed by atoms with Gasteiger partial charge in [-0.2, -0.15) is 0 Å². The van der Waals surface area contributed by atoms with Gasteiger partial charge in [-0.25, -0.2) is 0 Å². The van der Waals surface area contributed by atoms with E-state index in [1.807, 2.05) is 12.1 Å². The van der Waals surface area contributed by atoms with Crippen LogP contribution in [0.4, 0.5) is 5.69 Å². The van der Waals surface area contributed by atoms with E-state index in [-0.39, 0.29) is 0 Å². The molecule has 0 radical (unpaired) electrons. The summed E-state index contributed by atoms with van der Waals surface area (Å²) in [6, 6.07) is 8.21. The molecule has 0 aromatic heterocycles. The number of rotatable bonds is 3. The van der Waals surface area contributed by atoms with Crippen LogP contribution in [0.5, 0.6) is 0 Å². The molecule has 2 atom stereocenters. The van der Waals surface area contributed by atoms with E-state index in [4.69, 9.17) is 11.6 Å². The SMILES string of the molecule is CCC(C)C1(C)CCN1c1ccc(Cl)cc1. The van der Waals surface area contributed by atoms with Gasteiger partial charge in [-0.05, 0) is 43.5 Å². The van der Waals surface area contributed by atoms with Gasteiger partial charge in [0.05, 0.1) is 0 Å². The molecule has 0 aliphatic carbocycles. The molecule has 16 heavy (non-hydrogen) atoms. The van der Waals surface area contributed by atoms with E-state index in [1.54, 1.807) is 0 Å². The summed E-state index contributed by atoms with van der Waals surface area (Å²) in [5, 5.41) is 0.814. The van der Waals surface area contributed by atoms with Crippen molar-refractivity contribution < 1.29 is 0 Å². The molecule has 88 valence electrons. The molecule has 0 bridgehead atoms. The van der Waals surface area contributed by atoms with E-state index in [0.29, 0.717) is 5.54 Å². The normalized spacial score (nSPS) is 26.4. The lowest BCUT2D eigenvalue weighted by molar-refractivity contribution is 0.201. The van der Waals surface area contributed by atoms with Crippen LogP contribution in [0.2, 0.25) is 5.02 Å². The molecule has 2 rings (SSSR count). The average Bonchev–Trinajstić information content (AvgIpc) is 2.28. The minimum Gasteiger partial charge on any atom is -0.366 e. The van der Waals surface area contributed by atoms with Gasteiger partial charge in [0.1, 0.15) is 0 Å². The summed E-state index contributed by atoms with van der Waals surface area (Å²) in [6.07, 6.45) is 2.53. The second kappa shape index (κ2) is 4.29. The Bertz CT molecular complexity index is 360. The number of halogens is 1. The second-order valence-corrected chi connectivity index (χ2v) is 5.48. The number of anilines is 1. The van der Waals surface area contributed by atoms with Gasteiger partial charge in [0.2, 0.25) is 0 Å². The molecule has 0 saturated carbocycles. The first-order valence-electron chi connectivity index (χ1n) is 6.11. The molecule has 1 heterocycles. The van der Waals surface area contributed by atoms with Crippen molar-refractivity contribution in [2.75, 3.05) is 11.4 Å². The van der Waals surface area contributed by atoms with Crippen LogP contribution < -0.4 is 4.90 Å².